The standard InChI is InChI=1S/C13H15ClO3/c1-9(14)7-12(16)8-11-5-3-4-6-13(11)17-10(2)15/h3-6,9H,7-8H2,1-2H3. The monoisotopic (exact) mass is 254 g/mol. The third kappa shape index (κ3) is 5.00. The second-order valence-electron chi connectivity index (χ2n) is 3.90. The van der Waals surface area contributed by atoms with Gasteiger partial charge in [-0.15, -0.1) is 11.6 Å². The quantitative estimate of drug-likeness (QED) is 0.461. The fourth-order valence-electron chi connectivity index (χ4n) is 1.50. The van der Waals surface area contributed by atoms with Crippen LogP contribution in [0.25, 0.3) is 0 Å². The Bertz CT molecular complexity index is 413. The molecule has 3 nitrogen and oxygen atoms in total. The number of benzene rings is 1. The minimum Gasteiger partial charge on any atom is -0.426 e. The predicted molar refractivity (Wildman–Crippen MR) is 66.4 cm³/mol. The zero-order chi connectivity index (χ0) is 12.8. The van der Waals surface area contributed by atoms with Crippen LogP contribution in [0, 0.1) is 0 Å². The van der Waals surface area contributed by atoms with Gasteiger partial charge in [0.25, 0.3) is 0 Å². The molecule has 0 heterocycles. The van der Waals surface area contributed by atoms with E-state index in [4.69, 9.17) is 16.3 Å². The van der Waals surface area contributed by atoms with Crippen molar-refractivity contribution in [2.75, 3.05) is 0 Å². The number of Topliss-reactive ketones (excluding diaryl/α,β-unsaturated/α-hetero) is 1. The highest BCUT2D eigenvalue weighted by Gasteiger charge is 2.12. The fourth-order valence-corrected chi connectivity index (χ4v) is 1.67. The van der Waals surface area contributed by atoms with Gasteiger partial charge in [0.15, 0.2) is 0 Å². The van der Waals surface area contributed by atoms with E-state index in [1.54, 1.807) is 31.2 Å². The van der Waals surface area contributed by atoms with Crippen molar-refractivity contribution in [1.29, 1.82) is 0 Å². The number of carbonyl (C=O) groups is 2. The Morgan fingerprint density at radius 3 is 2.59 bits per heavy atom. The minimum absolute atomic E-state index is 0.0344. The number of esters is 1. The molecule has 0 spiro atoms. The van der Waals surface area contributed by atoms with Crippen molar-refractivity contribution in [2.24, 2.45) is 0 Å². The molecule has 1 rings (SSSR count). The molecule has 0 aliphatic heterocycles. The van der Waals surface area contributed by atoms with E-state index in [9.17, 15) is 9.59 Å². The summed E-state index contributed by atoms with van der Waals surface area (Å²) in [6.45, 7) is 3.11. The van der Waals surface area contributed by atoms with Crippen molar-refractivity contribution in [3.63, 3.8) is 0 Å². The molecule has 17 heavy (non-hydrogen) atoms. The van der Waals surface area contributed by atoms with Gasteiger partial charge in [0.2, 0.25) is 0 Å². The summed E-state index contributed by atoms with van der Waals surface area (Å²) in [5.74, 6) is 0.0817. The van der Waals surface area contributed by atoms with E-state index in [-0.39, 0.29) is 17.6 Å². The van der Waals surface area contributed by atoms with Gasteiger partial charge in [-0.3, -0.25) is 9.59 Å². The normalized spacial score (nSPS) is 11.9. The van der Waals surface area contributed by atoms with E-state index in [2.05, 4.69) is 0 Å². The van der Waals surface area contributed by atoms with Gasteiger partial charge in [0.05, 0.1) is 0 Å². The van der Waals surface area contributed by atoms with E-state index in [1.807, 2.05) is 0 Å². The summed E-state index contributed by atoms with van der Waals surface area (Å²) in [5, 5.41) is -0.177. The van der Waals surface area contributed by atoms with E-state index in [1.165, 1.54) is 6.92 Å². The molecule has 0 saturated heterocycles. The molecule has 0 bridgehead atoms. The highest BCUT2D eigenvalue weighted by Crippen LogP contribution is 2.19. The van der Waals surface area contributed by atoms with Gasteiger partial charge in [-0.05, 0) is 13.0 Å². The van der Waals surface area contributed by atoms with Gasteiger partial charge in [-0.2, -0.15) is 0 Å². The summed E-state index contributed by atoms with van der Waals surface area (Å²) in [4.78, 5) is 22.5. The number of hydrogen-bond donors (Lipinski definition) is 0. The molecule has 0 fully saturated rings. The van der Waals surface area contributed by atoms with Crippen molar-refractivity contribution in [3.8, 4) is 5.75 Å². The lowest BCUT2D eigenvalue weighted by molar-refractivity contribution is -0.132. The van der Waals surface area contributed by atoms with Gasteiger partial charge >= 0.3 is 5.97 Å². The van der Waals surface area contributed by atoms with Crippen LogP contribution in [0.3, 0.4) is 0 Å². The highest BCUT2D eigenvalue weighted by molar-refractivity contribution is 6.21. The van der Waals surface area contributed by atoms with Gasteiger partial charge in [0, 0.05) is 30.7 Å². The van der Waals surface area contributed by atoms with Crippen LogP contribution in [-0.2, 0) is 16.0 Å². The summed E-state index contributed by atoms with van der Waals surface area (Å²) in [6.07, 6.45) is 0.552. The first-order chi connectivity index (χ1) is 7.99. The maximum atomic E-state index is 11.6. The van der Waals surface area contributed by atoms with Crippen LogP contribution in [0.15, 0.2) is 24.3 Å². The number of para-hydroxylation sites is 1. The molecule has 1 unspecified atom stereocenters. The summed E-state index contributed by atoms with van der Waals surface area (Å²) < 4.78 is 5.03. The van der Waals surface area contributed by atoms with E-state index in [0.717, 1.165) is 0 Å². The van der Waals surface area contributed by atoms with Crippen LogP contribution in [-0.4, -0.2) is 17.1 Å². The molecule has 4 heteroatoms. The first kappa shape index (κ1) is 13.7. The number of ether oxygens (including phenoxy) is 1. The molecule has 1 aromatic rings. The van der Waals surface area contributed by atoms with E-state index >= 15 is 0 Å². The lowest BCUT2D eigenvalue weighted by Gasteiger charge is -2.08. The Labute approximate surface area is 106 Å². The van der Waals surface area contributed by atoms with Crippen LogP contribution in [0.5, 0.6) is 5.75 Å². The smallest absolute Gasteiger partial charge is 0.308 e. The summed E-state index contributed by atoms with van der Waals surface area (Å²) in [5.41, 5.74) is 0.713. The SMILES string of the molecule is CC(=O)Oc1ccccc1CC(=O)CC(C)Cl. The molecular formula is C13H15ClO3. The summed E-state index contributed by atoms with van der Waals surface area (Å²) in [7, 11) is 0. The topological polar surface area (TPSA) is 43.4 Å². The number of rotatable bonds is 5. The average Bonchev–Trinajstić information content (AvgIpc) is 2.18. The third-order valence-corrected chi connectivity index (χ3v) is 2.28. The Morgan fingerprint density at radius 1 is 1.35 bits per heavy atom. The van der Waals surface area contributed by atoms with Gasteiger partial charge in [-0.25, -0.2) is 0 Å². The first-order valence-corrected chi connectivity index (χ1v) is 5.84. The molecule has 92 valence electrons. The number of hydrogen-bond acceptors (Lipinski definition) is 3. The molecule has 0 radical (unpaired) electrons. The molecule has 0 N–H and O–H groups in total. The molecule has 1 aromatic carbocycles. The van der Waals surface area contributed by atoms with Gasteiger partial charge in [0.1, 0.15) is 11.5 Å². The average molecular weight is 255 g/mol. The molecular weight excluding hydrogens is 240 g/mol. The lowest BCUT2D eigenvalue weighted by Crippen LogP contribution is -2.10. The molecule has 1 atom stereocenters. The highest BCUT2D eigenvalue weighted by atomic mass is 35.5. The van der Waals surface area contributed by atoms with Crippen molar-refractivity contribution < 1.29 is 14.3 Å². The van der Waals surface area contributed by atoms with Crippen molar-refractivity contribution in [1.82, 2.24) is 0 Å². The number of halogens is 1. The van der Waals surface area contributed by atoms with Crippen LogP contribution in [0.1, 0.15) is 25.8 Å². The second kappa shape index (κ2) is 6.40. The fraction of sp³-hybridized carbons (Fsp3) is 0.385. The third-order valence-electron chi connectivity index (χ3n) is 2.12. The molecule has 0 amide bonds. The van der Waals surface area contributed by atoms with Crippen LogP contribution in [0.4, 0.5) is 0 Å². The summed E-state index contributed by atoms with van der Waals surface area (Å²) >= 11 is 5.76. The predicted octanol–water partition coefficient (Wildman–Crippen LogP) is 2.74. The lowest BCUT2D eigenvalue weighted by atomic mass is 10.1. The zero-order valence-corrected chi connectivity index (χ0v) is 10.7. The molecule has 0 aliphatic rings. The Kier molecular flexibility index (Phi) is 5.16. The number of carbonyl (C=O) groups excluding carboxylic acids is 2. The van der Waals surface area contributed by atoms with Crippen molar-refractivity contribution in [2.45, 2.75) is 32.1 Å². The Balaban J connectivity index is 2.76. The van der Waals surface area contributed by atoms with Crippen LogP contribution in [0.2, 0.25) is 0 Å². The number of ketones is 1. The van der Waals surface area contributed by atoms with Crippen LogP contribution < -0.4 is 4.74 Å². The second-order valence-corrected chi connectivity index (χ2v) is 4.65. The largest absolute Gasteiger partial charge is 0.426 e. The molecule has 0 aliphatic carbocycles. The van der Waals surface area contributed by atoms with Gasteiger partial charge in [-0.1, -0.05) is 18.2 Å². The van der Waals surface area contributed by atoms with Crippen molar-refractivity contribution in [3.05, 3.63) is 29.8 Å². The minimum atomic E-state index is -0.393. The van der Waals surface area contributed by atoms with E-state index in [0.29, 0.717) is 17.7 Å². The first-order valence-electron chi connectivity index (χ1n) is 5.41. The summed E-state index contributed by atoms with van der Waals surface area (Å²) in [6, 6.07) is 7.01. The molecule has 0 saturated carbocycles. The Morgan fingerprint density at radius 2 is 2.00 bits per heavy atom. The van der Waals surface area contributed by atoms with Gasteiger partial charge < -0.3 is 4.74 Å². The Hall–Kier alpha value is -1.35. The zero-order valence-electron chi connectivity index (χ0n) is 9.90. The maximum absolute atomic E-state index is 11.6. The van der Waals surface area contributed by atoms with Crippen LogP contribution >= 0.6 is 11.6 Å². The van der Waals surface area contributed by atoms with E-state index < -0.39 is 5.97 Å². The maximum Gasteiger partial charge on any atom is 0.308 e. The van der Waals surface area contributed by atoms with Crippen molar-refractivity contribution >= 4 is 23.4 Å². The number of alkyl halides is 1. The molecule has 0 aromatic heterocycles.